The summed E-state index contributed by atoms with van der Waals surface area (Å²) in [6, 6.07) is 14.6. The summed E-state index contributed by atoms with van der Waals surface area (Å²) in [5.41, 5.74) is 5.00. The molecule has 0 spiro atoms. The molecular weight excluding hydrogens is 314 g/mol. The van der Waals surface area contributed by atoms with E-state index in [1.807, 2.05) is 31.2 Å². The van der Waals surface area contributed by atoms with E-state index in [0.717, 1.165) is 16.7 Å². The largest absolute Gasteiger partial charge is 0.344 e. The van der Waals surface area contributed by atoms with Crippen LogP contribution in [-0.4, -0.2) is 18.0 Å². The van der Waals surface area contributed by atoms with Gasteiger partial charge in [0.15, 0.2) is 0 Å². The molecule has 0 bridgehead atoms. The molecule has 0 unspecified atom stereocenters. The maximum absolute atomic E-state index is 11.6. The highest BCUT2D eigenvalue weighted by Gasteiger charge is 2.11. The highest BCUT2D eigenvalue weighted by atomic mass is 35.5. The summed E-state index contributed by atoms with van der Waals surface area (Å²) >= 11 is 5.77. The molecule has 0 fully saturated rings. The number of halogens is 1. The molecule has 0 atom stereocenters. The van der Waals surface area contributed by atoms with Gasteiger partial charge in [-0.15, -0.1) is 0 Å². The Bertz CT molecular complexity index is 710. The van der Waals surface area contributed by atoms with Gasteiger partial charge in [-0.05, 0) is 30.2 Å². The summed E-state index contributed by atoms with van der Waals surface area (Å²) in [5, 5.41) is 6.88. The van der Waals surface area contributed by atoms with E-state index in [4.69, 9.17) is 11.6 Å². The van der Waals surface area contributed by atoms with Crippen molar-refractivity contribution in [2.45, 2.75) is 13.5 Å². The van der Waals surface area contributed by atoms with Gasteiger partial charge >= 0.3 is 11.8 Å². The highest BCUT2D eigenvalue weighted by Crippen LogP contribution is 2.09. The minimum absolute atomic E-state index is 0.241. The van der Waals surface area contributed by atoms with Gasteiger partial charge in [-0.25, -0.2) is 5.43 Å². The predicted molar refractivity (Wildman–Crippen MR) is 90.2 cm³/mol. The third-order valence-corrected chi connectivity index (χ3v) is 3.28. The first-order valence-corrected chi connectivity index (χ1v) is 7.35. The number of benzene rings is 2. The number of carbonyl (C=O) groups excluding carboxylic acids is 2. The minimum atomic E-state index is -0.817. The van der Waals surface area contributed by atoms with Gasteiger partial charge < -0.3 is 5.32 Å². The minimum Gasteiger partial charge on any atom is -0.344 e. The van der Waals surface area contributed by atoms with Gasteiger partial charge in [0.25, 0.3) is 0 Å². The molecule has 0 aliphatic carbocycles. The number of rotatable bonds is 4. The summed E-state index contributed by atoms with van der Waals surface area (Å²) in [6.07, 6.45) is 1.48. The van der Waals surface area contributed by atoms with Gasteiger partial charge in [0, 0.05) is 11.6 Å². The first-order valence-electron chi connectivity index (χ1n) is 6.97. The van der Waals surface area contributed by atoms with Crippen LogP contribution >= 0.6 is 11.6 Å². The lowest BCUT2D eigenvalue weighted by atomic mass is 10.2. The smallest absolute Gasteiger partial charge is 0.329 e. The van der Waals surface area contributed by atoms with Gasteiger partial charge in [-0.1, -0.05) is 53.6 Å². The summed E-state index contributed by atoms with van der Waals surface area (Å²) < 4.78 is 0. The Kier molecular flexibility index (Phi) is 5.88. The summed E-state index contributed by atoms with van der Waals surface area (Å²) in [5.74, 6) is -1.57. The SMILES string of the molecule is Cc1ccc(C=NNC(=O)C(=O)NCc2ccc(Cl)cc2)cc1. The maximum Gasteiger partial charge on any atom is 0.329 e. The average molecular weight is 330 g/mol. The lowest BCUT2D eigenvalue weighted by molar-refractivity contribution is -0.139. The van der Waals surface area contributed by atoms with Crippen molar-refractivity contribution in [3.8, 4) is 0 Å². The molecule has 118 valence electrons. The molecule has 0 radical (unpaired) electrons. The van der Waals surface area contributed by atoms with E-state index in [9.17, 15) is 9.59 Å². The zero-order valence-electron chi connectivity index (χ0n) is 12.5. The number of hydrazone groups is 1. The molecule has 0 saturated carbocycles. The van der Waals surface area contributed by atoms with Crippen molar-refractivity contribution in [2.75, 3.05) is 0 Å². The number of amides is 2. The fourth-order valence-electron chi connectivity index (χ4n) is 1.73. The second-order valence-corrected chi connectivity index (χ2v) is 5.36. The molecule has 0 saturated heterocycles. The van der Waals surface area contributed by atoms with Gasteiger partial charge in [0.2, 0.25) is 0 Å². The van der Waals surface area contributed by atoms with E-state index in [1.54, 1.807) is 24.3 Å². The van der Waals surface area contributed by atoms with Crippen LogP contribution < -0.4 is 10.7 Å². The van der Waals surface area contributed by atoms with Crippen molar-refractivity contribution in [1.82, 2.24) is 10.7 Å². The summed E-state index contributed by atoms with van der Waals surface area (Å²) in [6.45, 7) is 2.22. The number of hydrogen-bond acceptors (Lipinski definition) is 3. The molecule has 2 rings (SSSR count). The Balaban J connectivity index is 1.79. The molecule has 23 heavy (non-hydrogen) atoms. The lowest BCUT2D eigenvalue weighted by Crippen LogP contribution is -2.37. The quantitative estimate of drug-likeness (QED) is 0.514. The molecule has 2 aromatic rings. The van der Waals surface area contributed by atoms with Crippen molar-refractivity contribution in [1.29, 1.82) is 0 Å². The van der Waals surface area contributed by atoms with Crippen LogP contribution in [0.1, 0.15) is 16.7 Å². The Morgan fingerprint density at radius 1 is 1.04 bits per heavy atom. The van der Waals surface area contributed by atoms with Gasteiger partial charge in [-0.2, -0.15) is 5.10 Å². The Labute approximate surface area is 139 Å². The second kappa shape index (κ2) is 8.10. The van der Waals surface area contributed by atoms with Crippen LogP contribution in [0.4, 0.5) is 0 Å². The summed E-state index contributed by atoms with van der Waals surface area (Å²) in [4.78, 5) is 23.3. The van der Waals surface area contributed by atoms with Crippen LogP contribution in [-0.2, 0) is 16.1 Å². The Hall–Kier alpha value is -2.66. The zero-order chi connectivity index (χ0) is 16.7. The number of nitrogens with one attached hydrogen (secondary N) is 2. The molecule has 2 amide bonds. The molecule has 2 aromatic carbocycles. The molecule has 0 heterocycles. The molecule has 0 aliphatic heterocycles. The Morgan fingerprint density at radius 2 is 1.70 bits per heavy atom. The van der Waals surface area contributed by atoms with Crippen LogP contribution in [0.25, 0.3) is 0 Å². The number of aryl methyl sites for hydroxylation is 1. The van der Waals surface area contributed by atoms with Crippen molar-refractivity contribution in [3.05, 3.63) is 70.2 Å². The molecular formula is C17H16ClN3O2. The van der Waals surface area contributed by atoms with E-state index < -0.39 is 11.8 Å². The van der Waals surface area contributed by atoms with Crippen LogP contribution in [0.15, 0.2) is 53.6 Å². The monoisotopic (exact) mass is 329 g/mol. The normalized spacial score (nSPS) is 10.5. The van der Waals surface area contributed by atoms with Gasteiger partial charge in [0.1, 0.15) is 0 Å². The van der Waals surface area contributed by atoms with Crippen LogP contribution in [0.3, 0.4) is 0 Å². The fraction of sp³-hybridized carbons (Fsp3) is 0.118. The average Bonchev–Trinajstić information content (AvgIpc) is 2.55. The van der Waals surface area contributed by atoms with Gasteiger partial charge in [-0.3, -0.25) is 9.59 Å². The van der Waals surface area contributed by atoms with E-state index in [1.165, 1.54) is 6.21 Å². The molecule has 0 aliphatic rings. The standard InChI is InChI=1S/C17H16ClN3O2/c1-12-2-4-14(5-3-12)11-20-21-17(23)16(22)19-10-13-6-8-15(18)9-7-13/h2-9,11H,10H2,1H3,(H,19,22)(H,21,23). The van der Waals surface area contributed by atoms with Crippen molar-refractivity contribution < 1.29 is 9.59 Å². The third-order valence-electron chi connectivity index (χ3n) is 3.03. The maximum atomic E-state index is 11.6. The van der Waals surface area contributed by atoms with Gasteiger partial charge in [0.05, 0.1) is 6.21 Å². The van der Waals surface area contributed by atoms with Crippen LogP contribution in [0.5, 0.6) is 0 Å². The first kappa shape index (κ1) is 16.7. The topological polar surface area (TPSA) is 70.6 Å². The zero-order valence-corrected chi connectivity index (χ0v) is 13.3. The fourth-order valence-corrected chi connectivity index (χ4v) is 1.86. The molecule has 0 aromatic heterocycles. The summed E-state index contributed by atoms with van der Waals surface area (Å²) in [7, 11) is 0. The van der Waals surface area contributed by atoms with Crippen molar-refractivity contribution in [2.24, 2.45) is 5.10 Å². The van der Waals surface area contributed by atoms with Crippen molar-refractivity contribution >= 4 is 29.6 Å². The second-order valence-electron chi connectivity index (χ2n) is 4.92. The molecule has 5 nitrogen and oxygen atoms in total. The predicted octanol–water partition coefficient (Wildman–Crippen LogP) is 2.41. The first-order chi connectivity index (χ1) is 11.0. The molecule has 2 N–H and O–H groups in total. The van der Waals surface area contributed by atoms with Crippen LogP contribution in [0, 0.1) is 6.92 Å². The van der Waals surface area contributed by atoms with E-state index in [0.29, 0.717) is 5.02 Å². The Morgan fingerprint density at radius 3 is 2.35 bits per heavy atom. The molecule has 6 heteroatoms. The number of carbonyl (C=O) groups is 2. The van der Waals surface area contributed by atoms with E-state index in [2.05, 4.69) is 15.8 Å². The third kappa shape index (κ3) is 5.56. The van der Waals surface area contributed by atoms with Crippen molar-refractivity contribution in [3.63, 3.8) is 0 Å². The number of nitrogens with zero attached hydrogens (tertiary/aromatic N) is 1. The lowest BCUT2D eigenvalue weighted by Gasteiger charge is -2.04. The number of hydrogen-bond donors (Lipinski definition) is 2. The van der Waals surface area contributed by atoms with E-state index >= 15 is 0 Å². The highest BCUT2D eigenvalue weighted by molar-refractivity contribution is 6.35. The van der Waals surface area contributed by atoms with Crippen LogP contribution in [0.2, 0.25) is 5.02 Å². The van der Waals surface area contributed by atoms with E-state index in [-0.39, 0.29) is 6.54 Å².